The maximum Gasteiger partial charge on any atom is 0.253 e. The Labute approximate surface area is 89.3 Å². The van der Waals surface area contributed by atoms with Crippen molar-refractivity contribution in [1.82, 2.24) is 5.32 Å². The summed E-state index contributed by atoms with van der Waals surface area (Å²) >= 11 is 0. The van der Waals surface area contributed by atoms with Crippen LogP contribution in [0.15, 0.2) is 24.3 Å². The van der Waals surface area contributed by atoms with Crippen LogP contribution in [-0.4, -0.2) is 30.7 Å². The highest BCUT2D eigenvalue weighted by atomic mass is 16.3. The first-order chi connectivity index (χ1) is 7.15. The van der Waals surface area contributed by atoms with Gasteiger partial charge in [0.15, 0.2) is 0 Å². The van der Waals surface area contributed by atoms with E-state index >= 15 is 0 Å². The zero-order valence-corrected chi connectivity index (χ0v) is 8.95. The molecule has 0 unspecified atom stereocenters. The van der Waals surface area contributed by atoms with Gasteiger partial charge in [0, 0.05) is 19.3 Å². The van der Waals surface area contributed by atoms with E-state index in [0.717, 1.165) is 5.69 Å². The van der Waals surface area contributed by atoms with Gasteiger partial charge in [-0.2, -0.15) is 0 Å². The number of rotatable bonds is 4. The summed E-state index contributed by atoms with van der Waals surface area (Å²) in [7, 11) is 1.76. The van der Waals surface area contributed by atoms with Gasteiger partial charge in [-0.05, 0) is 19.1 Å². The number of benzene rings is 1. The Hall–Kier alpha value is -1.55. The summed E-state index contributed by atoms with van der Waals surface area (Å²) in [5.74, 6) is -0.180. The van der Waals surface area contributed by atoms with Gasteiger partial charge in [0.2, 0.25) is 0 Å². The van der Waals surface area contributed by atoms with Crippen molar-refractivity contribution in [3.8, 4) is 0 Å². The predicted molar refractivity (Wildman–Crippen MR) is 60.0 cm³/mol. The van der Waals surface area contributed by atoms with Crippen LogP contribution in [0, 0.1) is 0 Å². The Balaban J connectivity index is 2.72. The highest BCUT2D eigenvalue weighted by Gasteiger charge is 2.09. The second-order valence-electron chi connectivity index (χ2n) is 3.35. The number of hydrogen-bond acceptors (Lipinski definition) is 3. The van der Waals surface area contributed by atoms with Crippen molar-refractivity contribution in [3.05, 3.63) is 29.8 Å². The molecule has 0 aliphatic rings. The second kappa shape index (κ2) is 5.36. The van der Waals surface area contributed by atoms with E-state index in [9.17, 15) is 4.79 Å². The van der Waals surface area contributed by atoms with Crippen molar-refractivity contribution in [3.63, 3.8) is 0 Å². The molecule has 0 bridgehead atoms. The van der Waals surface area contributed by atoms with Gasteiger partial charge in [-0.25, -0.2) is 0 Å². The van der Waals surface area contributed by atoms with Crippen LogP contribution in [0.4, 0.5) is 5.69 Å². The average molecular weight is 208 g/mol. The van der Waals surface area contributed by atoms with Crippen LogP contribution in [0.1, 0.15) is 17.3 Å². The van der Waals surface area contributed by atoms with E-state index in [1.807, 2.05) is 12.1 Å². The minimum absolute atomic E-state index is 0.180. The number of aliphatic hydroxyl groups excluding tert-OH is 1. The highest BCUT2D eigenvalue weighted by molar-refractivity contribution is 5.99. The number of hydrogen-bond donors (Lipinski definition) is 3. The molecule has 1 amide bonds. The predicted octanol–water partition coefficient (Wildman–Crippen LogP) is 0.839. The molecule has 0 aromatic heterocycles. The summed E-state index contributed by atoms with van der Waals surface area (Å²) in [6.45, 7) is 1.89. The van der Waals surface area contributed by atoms with Crippen molar-refractivity contribution >= 4 is 11.6 Å². The van der Waals surface area contributed by atoms with Gasteiger partial charge in [-0.3, -0.25) is 4.79 Å². The number of aliphatic hydroxyl groups is 1. The Morgan fingerprint density at radius 1 is 1.47 bits per heavy atom. The lowest BCUT2D eigenvalue weighted by Crippen LogP contribution is -2.30. The second-order valence-corrected chi connectivity index (χ2v) is 3.35. The van der Waals surface area contributed by atoms with Gasteiger partial charge in [0.25, 0.3) is 5.91 Å². The van der Waals surface area contributed by atoms with E-state index in [1.54, 1.807) is 26.1 Å². The van der Waals surface area contributed by atoms with Gasteiger partial charge in [0.1, 0.15) is 0 Å². The number of nitrogens with one attached hydrogen (secondary N) is 2. The zero-order valence-electron chi connectivity index (χ0n) is 8.95. The van der Waals surface area contributed by atoms with Crippen molar-refractivity contribution < 1.29 is 9.90 Å². The van der Waals surface area contributed by atoms with Crippen LogP contribution in [0.2, 0.25) is 0 Å². The maximum absolute atomic E-state index is 11.7. The lowest BCUT2D eigenvalue weighted by Gasteiger charge is -2.10. The molecule has 1 atom stereocenters. The summed E-state index contributed by atoms with van der Waals surface area (Å²) in [5, 5.41) is 14.6. The molecule has 1 rings (SSSR count). The minimum atomic E-state index is -0.532. The zero-order chi connectivity index (χ0) is 11.3. The van der Waals surface area contributed by atoms with E-state index in [1.165, 1.54) is 0 Å². The third-order valence-corrected chi connectivity index (χ3v) is 2.00. The summed E-state index contributed by atoms with van der Waals surface area (Å²) in [6.07, 6.45) is -0.532. The average Bonchev–Trinajstić information content (AvgIpc) is 2.25. The first kappa shape index (κ1) is 11.5. The molecule has 0 aliphatic carbocycles. The molecule has 15 heavy (non-hydrogen) atoms. The third kappa shape index (κ3) is 3.25. The van der Waals surface area contributed by atoms with Crippen LogP contribution < -0.4 is 10.6 Å². The molecule has 0 heterocycles. The lowest BCUT2D eigenvalue weighted by atomic mass is 10.1. The summed E-state index contributed by atoms with van der Waals surface area (Å²) in [6, 6.07) is 7.23. The third-order valence-electron chi connectivity index (χ3n) is 2.00. The Bertz CT molecular complexity index is 337. The largest absolute Gasteiger partial charge is 0.392 e. The topological polar surface area (TPSA) is 61.4 Å². The fourth-order valence-corrected chi connectivity index (χ4v) is 1.23. The molecule has 1 aromatic carbocycles. The molecular weight excluding hydrogens is 192 g/mol. The van der Waals surface area contributed by atoms with E-state index in [-0.39, 0.29) is 12.5 Å². The molecule has 0 aliphatic heterocycles. The SMILES string of the molecule is CNc1ccccc1C(=O)NC[C@@H](C)O. The molecule has 82 valence electrons. The first-order valence-electron chi connectivity index (χ1n) is 4.88. The number of carbonyl (C=O) groups excluding carboxylic acids is 1. The number of amides is 1. The van der Waals surface area contributed by atoms with E-state index < -0.39 is 6.10 Å². The van der Waals surface area contributed by atoms with Crippen molar-refractivity contribution in [2.24, 2.45) is 0 Å². The van der Waals surface area contributed by atoms with Gasteiger partial charge in [0.05, 0.1) is 11.7 Å². The standard InChI is InChI=1S/C11H16N2O2/c1-8(14)7-13-11(15)9-5-3-4-6-10(9)12-2/h3-6,8,12,14H,7H2,1-2H3,(H,13,15)/t8-/m1/s1. The summed E-state index contributed by atoms with van der Waals surface area (Å²) in [5.41, 5.74) is 1.36. The number of carbonyl (C=O) groups is 1. The molecule has 0 saturated heterocycles. The molecule has 1 aromatic rings. The molecule has 3 N–H and O–H groups in total. The van der Waals surface area contributed by atoms with Crippen molar-refractivity contribution in [1.29, 1.82) is 0 Å². The van der Waals surface area contributed by atoms with Crippen LogP contribution in [-0.2, 0) is 0 Å². The Morgan fingerprint density at radius 3 is 2.73 bits per heavy atom. The van der Waals surface area contributed by atoms with Crippen molar-refractivity contribution in [2.45, 2.75) is 13.0 Å². The molecular formula is C11H16N2O2. The van der Waals surface area contributed by atoms with Crippen LogP contribution in [0.3, 0.4) is 0 Å². The maximum atomic E-state index is 11.7. The van der Waals surface area contributed by atoms with Crippen molar-refractivity contribution in [2.75, 3.05) is 18.9 Å². The molecule has 0 fully saturated rings. The fraction of sp³-hybridized carbons (Fsp3) is 0.364. The van der Waals surface area contributed by atoms with E-state index in [2.05, 4.69) is 10.6 Å². The number of anilines is 1. The Morgan fingerprint density at radius 2 is 2.13 bits per heavy atom. The first-order valence-corrected chi connectivity index (χ1v) is 4.88. The Kier molecular flexibility index (Phi) is 4.12. The molecule has 4 heteroatoms. The lowest BCUT2D eigenvalue weighted by molar-refractivity contribution is 0.0925. The highest BCUT2D eigenvalue weighted by Crippen LogP contribution is 2.13. The summed E-state index contributed by atoms with van der Waals surface area (Å²) in [4.78, 5) is 11.7. The number of para-hydroxylation sites is 1. The quantitative estimate of drug-likeness (QED) is 0.687. The minimum Gasteiger partial charge on any atom is -0.392 e. The summed E-state index contributed by atoms with van der Waals surface area (Å²) < 4.78 is 0. The van der Waals surface area contributed by atoms with E-state index in [4.69, 9.17) is 5.11 Å². The normalized spacial score (nSPS) is 11.9. The van der Waals surface area contributed by atoms with Gasteiger partial charge in [-0.15, -0.1) is 0 Å². The van der Waals surface area contributed by atoms with Crippen LogP contribution >= 0.6 is 0 Å². The smallest absolute Gasteiger partial charge is 0.253 e. The van der Waals surface area contributed by atoms with Gasteiger partial charge >= 0.3 is 0 Å². The van der Waals surface area contributed by atoms with Crippen LogP contribution in [0.5, 0.6) is 0 Å². The monoisotopic (exact) mass is 208 g/mol. The molecule has 0 radical (unpaired) electrons. The molecule has 0 saturated carbocycles. The fourth-order valence-electron chi connectivity index (χ4n) is 1.23. The molecule has 0 spiro atoms. The van der Waals surface area contributed by atoms with Crippen LogP contribution in [0.25, 0.3) is 0 Å². The molecule has 4 nitrogen and oxygen atoms in total. The van der Waals surface area contributed by atoms with Gasteiger partial charge in [-0.1, -0.05) is 12.1 Å². The van der Waals surface area contributed by atoms with Gasteiger partial charge < -0.3 is 15.7 Å². The van der Waals surface area contributed by atoms with E-state index in [0.29, 0.717) is 5.56 Å².